The Morgan fingerprint density at radius 3 is 3.00 bits per heavy atom. The number of piperidine rings is 1. The number of nitrogens with one attached hydrogen (secondary N) is 1. The molecule has 2 aliphatic rings. The van der Waals surface area contributed by atoms with Crippen LogP contribution in [0.3, 0.4) is 0 Å². The van der Waals surface area contributed by atoms with Crippen LogP contribution in [0.1, 0.15) is 26.7 Å². The summed E-state index contributed by atoms with van der Waals surface area (Å²) in [5.74, 6) is 0.702. The monoisotopic (exact) mass is 198 g/mol. The summed E-state index contributed by atoms with van der Waals surface area (Å²) in [6.07, 6.45) is 2.97. The van der Waals surface area contributed by atoms with E-state index in [1.165, 1.54) is 32.5 Å². The van der Waals surface area contributed by atoms with Crippen molar-refractivity contribution in [1.82, 2.24) is 10.2 Å². The summed E-state index contributed by atoms with van der Waals surface area (Å²) < 4.78 is 5.76. The van der Waals surface area contributed by atoms with Crippen LogP contribution in [0.25, 0.3) is 0 Å². The van der Waals surface area contributed by atoms with Gasteiger partial charge in [-0.05, 0) is 32.9 Å². The van der Waals surface area contributed by atoms with E-state index < -0.39 is 0 Å². The van der Waals surface area contributed by atoms with Gasteiger partial charge in [0.2, 0.25) is 0 Å². The highest BCUT2D eigenvalue weighted by Crippen LogP contribution is 2.22. The summed E-state index contributed by atoms with van der Waals surface area (Å²) in [4.78, 5) is 2.53. The molecular formula is C11H22N2O. The van der Waals surface area contributed by atoms with E-state index in [1.807, 2.05) is 0 Å². The van der Waals surface area contributed by atoms with Crippen molar-refractivity contribution in [2.75, 3.05) is 26.2 Å². The minimum atomic E-state index is 0.319. The van der Waals surface area contributed by atoms with Gasteiger partial charge >= 0.3 is 0 Å². The van der Waals surface area contributed by atoms with Gasteiger partial charge in [0.1, 0.15) is 6.23 Å². The Morgan fingerprint density at radius 2 is 2.36 bits per heavy atom. The van der Waals surface area contributed by atoms with Crippen molar-refractivity contribution in [3.8, 4) is 0 Å². The smallest absolute Gasteiger partial charge is 0.112 e. The van der Waals surface area contributed by atoms with Gasteiger partial charge < -0.3 is 9.64 Å². The van der Waals surface area contributed by atoms with E-state index in [0.717, 1.165) is 6.61 Å². The second-order valence-electron chi connectivity index (χ2n) is 4.62. The Morgan fingerprint density at radius 1 is 1.50 bits per heavy atom. The van der Waals surface area contributed by atoms with Crippen molar-refractivity contribution in [2.45, 2.75) is 39.0 Å². The van der Waals surface area contributed by atoms with E-state index in [1.54, 1.807) is 0 Å². The molecular weight excluding hydrogens is 176 g/mol. The highest BCUT2D eigenvalue weighted by Gasteiger charge is 2.31. The molecule has 0 aromatic heterocycles. The normalized spacial score (nSPS) is 40.3. The van der Waals surface area contributed by atoms with Gasteiger partial charge in [0, 0.05) is 18.5 Å². The van der Waals surface area contributed by atoms with Crippen LogP contribution >= 0.6 is 0 Å². The summed E-state index contributed by atoms with van der Waals surface area (Å²) >= 11 is 0. The molecule has 14 heavy (non-hydrogen) atoms. The zero-order chi connectivity index (χ0) is 9.97. The van der Waals surface area contributed by atoms with Gasteiger partial charge in [-0.1, -0.05) is 6.92 Å². The molecule has 0 aromatic carbocycles. The van der Waals surface area contributed by atoms with Gasteiger partial charge in [0.15, 0.2) is 0 Å². The topological polar surface area (TPSA) is 24.5 Å². The molecule has 2 aliphatic heterocycles. The first kappa shape index (κ1) is 10.4. The molecule has 3 unspecified atom stereocenters. The predicted octanol–water partition coefficient (Wildman–Crippen LogP) is 1.05. The minimum Gasteiger partial charge on any atom is -0.361 e. The molecule has 2 heterocycles. The summed E-state index contributed by atoms with van der Waals surface area (Å²) in [6.45, 7) is 8.98. The molecule has 2 fully saturated rings. The van der Waals surface area contributed by atoms with Crippen LogP contribution < -0.4 is 5.32 Å². The summed E-state index contributed by atoms with van der Waals surface area (Å²) in [5.41, 5.74) is 0. The molecule has 3 heteroatoms. The summed E-state index contributed by atoms with van der Waals surface area (Å²) in [7, 11) is 0. The lowest BCUT2D eigenvalue weighted by Gasteiger charge is -2.34. The Balaban J connectivity index is 1.84. The fourth-order valence-electron chi connectivity index (χ4n) is 2.52. The van der Waals surface area contributed by atoms with Crippen LogP contribution in [-0.2, 0) is 4.74 Å². The van der Waals surface area contributed by atoms with Crippen molar-refractivity contribution >= 4 is 0 Å². The number of ether oxygens (including phenoxy) is 1. The average molecular weight is 198 g/mol. The Labute approximate surface area is 86.8 Å². The van der Waals surface area contributed by atoms with E-state index >= 15 is 0 Å². The van der Waals surface area contributed by atoms with Crippen LogP contribution in [0.2, 0.25) is 0 Å². The minimum absolute atomic E-state index is 0.319. The van der Waals surface area contributed by atoms with Gasteiger partial charge in [0.25, 0.3) is 0 Å². The first-order chi connectivity index (χ1) is 6.79. The van der Waals surface area contributed by atoms with Gasteiger partial charge in [0.05, 0.1) is 6.61 Å². The van der Waals surface area contributed by atoms with Crippen LogP contribution in [0.5, 0.6) is 0 Å². The van der Waals surface area contributed by atoms with Crippen molar-refractivity contribution in [3.05, 3.63) is 0 Å². The van der Waals surface area contributed by atoms with Crippen LogP contribution in [0.15, 0.2) is 0 Å². The summed E-state index contributed by atoms with van der Waals surface area (Å²) in [6, 6.07) is 0.539. The number of hydrogen-bond acceptors (Lipinski definition) is 3. The third-order valence-corrected chi connectivity index (χ3v) is 3.39. The predicted molar refractivity (Wildman–Crippen MR) is 57.2 cm³/mol. The maximum atomic E-state index is 5.76. The van der Waals surface area contributed by atoms with E-state index in [2.05, 4.69) is 24.1 Å². The Bertz CT molecular complexity index is 186. The van der Waals surface area contributed by atoms with Crippen molar-refractivity contribution < 1.29 is 4.74 Å². The second kappa shape index (κ2) is 4.60. The Hall–Kier alpha value is -0.120. The maximum absolute atomic E-state index is 5.76. The zero-order valence-corrected chi connectivity index (χ0v) is 9.33. The number of likely N-dealkylation sites (tertiary alicyclic amines) is 1. The summed E-state index contributed by atoms with van der Waals surface area (Å²) in [5, 5.41) is 3.52. The largest absolute Gasteiger partial charge is 0.361 e. The molecule has 0 radical (unpaired) electrons. The number of nitrogens with zero attached hydrogens (tertiary/aromatic N) is 1. The Kier molecular flexibility index (Phi) is 3.42. The standard InChI is InChI=1S/C11H22N2O/c1-3-13-6-4-5-10(7-13)11-12-9(2)8-14-11/h9-12H,3-8H2,1-2H3. The second-order valence-corrected chi connectivity index (χ2v) is 4.62. The number of rotatable bonds is 2. The zero-order valence-electron chi connectivity index (χ0n) is 9.33. The number of hydrogen-bond donors (Lipinski definition) is 1. The molecule has 0 bridgehead atoms. The van der Waals surface area contributed by atoms with Crippen LogP contribution in [0.4, 0.5) is 0 Å². The van der Waals surface area contributed by atoms with Crippen LogP contribution in [0, 0.1) is 5.92 Å². The highest BCUT2D eigenvalue weighted by atomic mass is 16.5. The lowest BCUT2D eigenvalue weighted by molar-refractivity contribution is 0.0171. The first-order valence-corrected chi connectivity index (χ1v) is 5.89. The maximum Gasteiger partial charge on any atom is 0.112 e. The van der Waals surface area contributed by atoms with Gasteiger partial charge in [-0.25, -0.2) is 0 Å². The lowest BCUT2D eigenvalue weighted by atomic mass is 9.96. The highest BCUT2D eigenvalue weighted by molar-refractivity contribution is 4.82. The SMILES string of the molecule is CCN1CCCC(C2NC(C)CO2)C1. The van der Waals surface area contributed by atoms with E-state index in [-0.39, 0.29) is 0 Å². The van der Waals surface area contributed by atoms with E-state index in [0.29, 0.717) is 18.2 Å². The van der Waals surface area contributed by atoms with Crippen molar-refractivity contribution in [2.24, 2.45) is 5.92 Å². The van der Waals surface area contributed by atoms with Crippen molar-refractivity contribution in [1.29, 1.82) is 0 Å². The van der Waals surface area contributed by atoms with Gasteiger partial charge in [-0.3, -0.25) is 5.32 Å². The van der Waals surface area contributed by atoms with Gasteiger partial charge in [-0.15, -0.1) is 0 Å². The fraction of sp³-hybridized carbons (Fsp3) is 1.00. The molecule has 0 spiro atoms. The molecule has 3 nitrogen and oxygen atoms in total. The third kappa shape index (κ3) is 2.27. The molecule has 3 atom stereocenters. The van der Waals surface area contributed by atoms with Crippen LogP contribution in [-0.4, -0.2) is 43.4 Å². The third-order valence-electron chi connectivity index (χ3n) is 3.39. The van der Waals surface area contributed by atoms with E-state index in [4.69, 9.17) is 4.74 Å². The molecule has 2 saturated heterocycles. The lowest BCUT2D eigenvalue weighted by Crippen LogP contribution is -2.44. The first-order valence-electron chi connectivity index (χ1n) is 5.89. The average Bonchev–Trinajstić information content (AvgIpc) is 2.65. The molecule has 82 valence electrons. The molecule has 1 N–H and O–H groups in total. The molecule has 2 rings (SSSR count). The molecule has 0 aromatic rings. The molecule has 0 saturated carbocycles. The van der Waals surface area contributed by atoms with Gasteiger partial charge in [-0.2, -0.15) is 0 Å². The van der Waals surface area contributed by atoms with Crippen molar-refractivity contribution in [3.63, 3.8) is 0 Å². The quantitative estimate of drug-likeness (QED) is 0.718. The van der Waals surface area contributed by atoms with E-state index in [9.17, 15) is 0 Å². The fourth-order valence-corrected chi connectivity index (χ4v) is 2.52. The molecule has 0 aliphatic carbocycles. The molecule has 0 amide bonds.